The maximum Gasteiger partial charge on any atom is 0.146 e. The largest absolute Gasteiger partial charge is 0.292 e. The van der Waals surface area contributed by atoms with Crippen LogP contribution < -0.4 is 0 Å². The van der Waals surface area contributed by atoms with Crippen molar-refractivity contribution in [2.75, 3.05) is 0 Å². The number of fused-ring (bicyclic) bond motifs is 12. The second-order valence-corrected chi connectivity index (χ2v) is 12.1. The SMILES string of the molecule is Fc1cccc(-c2cc(-c3cccc(F)c3)nc(-n3c4ccccc4c4ccc5c(nc6c7ccccc7c7ccccc7n56)c43)c2)c1. The zero-order valence-electron chi connectivity index (χ0n) is 25.4. The van der Waals surface area contributed by atoms with Crippen LogP contribution in [0.4, 0.5) is 8.78 Å². The Kier molecular flexibility index (Phi) is 5.61. The molecule has 4 aromatic heterocycles. The topological polar surface area (TPSA) is 35.1 Å². The molecule has 0 N–H and O–H groups in total. The number of pyridine rings is 2. The first-order valence-electron chi connectivity index (χ1n) is 15.8. The first-order valence-corrected chi connectivity index (χ1v) is 15.8. The lowest BCUT2D eigenvalue weighted by atomic mass is 10.0. The predicted molar refractivity (Wildman–Crippen MR) is 191 cm³/mol. The minimum absolute atomic E-state index is 0.333. The number of halogens is 2. The Bertz CT molecular complexity index is 2870. The van der Waals surface area contributed by atoms with Gasteiger partial charge in [0, 0.05) is 27.1 Å². The van der Waals surface area contributed by atoms with Crippen LogP contribution in [0.25, 0.3) is 88.4 Å². The quantitative estimate of drug-likeness (QED) is 0.184. The number of aromatic nitrogens is 4. The van der Waals surface area contributed by atoms with Crippen molar-refractivity contribution in [3.05, 3.63) is 157 Å². The Balaban J connectivity index is 1.38. The van der Waals surface area contributed by atoms with Crippen molar-refractivity contribution in [1.29, 1.82) is 0 Å². The smallest absolute Gasteiger partial charge is 0.146 e. The molecule has 4 nitrogen and oxygen atoms in total. The van der Waals surface area contributed by atoms with Gasteiger partial charge in [0.25, 0.3) is 0 Å². The van der Waals surface area contributed by atoms with Gasteiger partial charge < -0.3 is 0 Å². The molecule has 0 saturated heterocycles. The highest BCUT2D eigenvalue weighted by molar-refractivity contribution is 6.20. The van der Waals surface area contributed by atoms with E-state index in [9.17, 15) is 8.78 Å². The van der Waals surface area contributed by atoms with Gasteiger partial charge in [-0.25, -0.2) is 18.7 Å². The number of hydrogen-bond donors (Lipinski definition) is 0. The van der Waals surface area contributed by atoms with Crippen molar-refractivity contribution in [2.45, 2.75) is 0 Å². The number of benzene rings is 6. The molecule has 0 amide bonds. The van der Waals surface area contributed by atoms with E-state index in [1.54, 1.807) is 12.1 Å². The average Bonchev–Trinajstić information content (AvgIpc) is 3.69. The molecule has 4 heterocycles. The Hall–Kier alpha value is -6.40. The third kappa shape index (κ3) is 3.86. The molecule has 0 aliphatic rings. The molecule has 0 aliphatic heterocycles. The van der Waals surface area contributed by atoms with Crippen molar-refractivity contribution in [2.24, 2.45) is 0 Å². The van der Waals surface area contributed by atoms with Gasteiger partial charge in [-0.05, 0) is 77.2 Å². The lowest BCUT2D eigenvalue weighted by molar-refractivity contribution is 0.628. The monoisotopic (exact) mass is 622 g/mol. The third-order valence-electron chi connectivity index (χ3n) is 9.38. The van der Waals surface area contributed by atoms with Gasteiger partial charge in [-0.3, -0.25) is 8.97 Å². The summed E-state index contributed by atoms with van der Waals surface area (Å²) in [7, 11) is 0. The van der Waals surface area contributed by atoms with E-state index in [-0.39, 0.29) is 11.6 Å². The Labute approximate surface area is 272 Å². The molecule has 10 rings (SSSR count). The minimum atomic E-state index is -0.352. The third-order valence-corrected chi connectivity index (χ3v) is 9.38. The van der Waals surface area contributed by atoms with Gasteiger partial charge in [-0.2, -0.15) is 0 Å². The highest BCUT2D eigenvalue weighted by atomic mass is 19.1. The van der Waals surface area contributed by atoms with Crippen LogP contribution in [0.1, 0.15) is 0 Å². The molecule has 226 valence electrons. The number of imidazole rings is 1. The lowest BCUT2D eigenvalue weighted by Crippen LogP contribution is -2.01. The maximum atomic E-state index is 14.5. The average molecular weight is 623 g/mol. The summed E-state index contributed by atoms with van der Waals surface area (Å²) >= 11 is 0. The second-order valence-electron chi connectivity index (χ2n) is 12.1. The summed E-state index contributed by atoms with van der Waals surface area (Å²) in [5.41, 5.74) is 8.34. The van der Waals surface area contributed by atoms with Gasteiger partial charge in [0.05, 0.1) is 27.8 Å². The van der Waals surface area contributed by atoms with Gasteiger partial charge in [0.1, 0.15) is 28.6 Å². The number of rotatable bonds is 3. The van der Waals surface area contributed by atoms with Crippen LogP contribution in [0, 0.1) is 11.6 Å². The molecule has 0 bridgehead atoms. The summed E-state index contributed by atoms with van der Waals surface area (Å²) in [6, 6.07) is 46.2. The second kappa shape index (κ2) is 10.0. The van der Waals surface area contributed by atoms with E-state index in [4.69, 9.17) is 9.97 Å². The fourth-order valence-corrected chi connectivity index (χ4v) is 7.32. The van der Waals surface area contributed by atoms with E-state index >= 15 is 0 Å². The van der Waals surface area contributed by atoms with Gasteiger partial charge in [-0.1, -0.05) is 84.9 Å². The Morgan fingerprint density at radius 2 is 1.08 bits per heavy atom. The zero-order chi connectivity index (χ0) is 31.9. The number of para-hydroxylation sites is 2. The van der Waals surface area contributed by atoms with Gasteiger partial charge in [0.2, 0.25) is 0 Å². The van der Waals surface area contributed by atoms with E-state index in [0.717, 1.165) is 65.7 Å². The molecule has 0 radical (unpaired) electrons. The summed E-state index contributed by atoms with van der Waals surface area (Å²) in [6.07, 6.45) is 0. The van der Waals surface area contributed by atoms with Crippen molar-refractivity contribution in [3.63, 3.8) is 0 Å². The van der Waals surface area contributed by atoms with Crippen LogP contribution in [0.2, 0.25) is 0 Å². The maximum absolute atomic E-state index is 14.5. The van der Waals surface area contributed by atoms with Crippen LogP contribution in [-0.2, 0) is 0 Å². The van der Waals surface area contributed by atoms with E-state index in [1.165, 1.54) is 24.3 Å². The van der Waals surface area contributed by atoms with Crippen LogP contribution >= 0.6 is 0 Å². The summed E-state index contributed by atoms with van der Waals surface area (Å²) < 4.78 is 33.5. The molecule has 6 aromatic carbocycles. The first-order chi connectivity index (χ1) is 23.6. The van der Waals surface area contributed by atoms with Crippen LogP contribution in [0.15, 0.2) is 146 Å². The highest BCUT2D eigenvalue weighted by Gasteiger charge is 2.22. The molecule has 0 aliphatic carbocycles. The standard InChI is InChI=1S/C42H24F2N4/c43-28-11-7-9-25(21-28)27-23-35(26-10-8-12-29(44)22-26)45-39(24-27)48-37-18-6-4-15-32(37)33-19-20-38-40(41(33)48)46-42-34-16-2-1-13-30(34)31-14-3-5-17-36(31)47(38)42/h1-24H. The molecule has 0 saturated carbocycles. The van der Waals surface area contributed by atoms with Crippen molar-refractivity contribution < 1.29 is 8.78 Å². The summed E-state index contributed by atoms with van der Waals surface area (Å²) in [4.78, 5) is 10.6. The molecular weight excluding hydrogens is 598 g/mol. The molecule has 6 heteroatoms. The molecule has 0 atom stereocenters. The van der Waals surface area contributed by atoms with Crippen LogP contribution in [0.5, 0.6) is 0 Å². The number of hydrogen-bond acceptors (Lipinski definition) is 2. The Morgan fingerprint density at radius 1 is 0.438 bits per heavy atom. The van der Waals surface area contributed by atoms with Crippen molar-refractivity contribution in [3.8, 4) is 28.2 Å². The van der Waals surface area contributed by atoms with Gasteiger partial charge in [0.15, 0.2) is 0 Å². The van der Waals surface area contributed by atoms with Crippen molar-refractivity contribution >= 4 is 60.2 Å². The molecule has 10 aromatic rings. The molecule has 0 fully saturated rings. The Morgan fingerprint density at radius 3 is 1.85 bits per heavy atom. The van der Waals surface area contributed by atoms with Gasteiger partial charge in [-0.15, -0.1) is 0 Å². The minimum Gasteiger partial charge on any atom is -0.292 e. The van der Waals surface area contributed by atoms with Gasteiger partial charge >= 0.3 is 0 Å². The van der Waals surface area contributed by atoms with E-state index in [0.29, 0.717) is 22.6 Å². The molecule has 0 spiro atoms. The van der Waals surface area contributed by atoms with E-state index in [2.05, 4.69) is 81.8 Å². The van der Waals surface area contributed by atoms with E-state index in [1.807, 2.05) is 36.4 Å². The normalized spacial score (nSPS) is 12.0. The van der Waals surface area contributed by atoms with Crippen LogP contribution in [0.3, 0.4) is 0 Å². The lowest BCUT2D eigenvalue weighted by Gasteiger charge is -2.13. The van der Waals surface area contributed by atoms with Crippen molar-refractivity contribution in [1.82, 2.24) is 18.9 Å². The first kappa shape index (κ1) is 26.8. The number of nitrogens with zero attached hydrogens (tertiary/aromatic N) is 4. The summed E-state index contributed by atoms with van der Waals surface area (Å²) in [6.45, 7) is 0. The molecular formula is C42H24F2N4. The molecule has 48 heavy (non-hydrogen) atoms. The zero-order valence-corrected chi connectivity index (χ0v) is 25.4. The fourth-order valence-electron chi connectivity index (χ4n) is 7.32. The summed E-state index contributed by atoms with van der Waals surface area (Å²) in [5, 5.41) is 5.48. The van der Waals surface area contributed by atoms with Crippen LogP contribution in [-0.4, -0.2) is 18.9 Å². The summed E-state index contributed by atoms with van der Waals surface area (Å²) in [5.74, 6) is -0.0582. The highest BCUT2D eigenvalue weighted by Crippen LogP contribution is 2.40. The van der Waals surface area contributed by atoms with E-state index < -0.39 is 0 Å². The fraction of sp³-hybridized carbons (Fsp3) is 0. The molecule has 0 unspecified atom stereocenters. The predicted octanol–water partition coefficient (Wildman–Crippen LogP) is 10.9.